The molecule has 1 aliphatic heterocycles. The Bertz CT molecular complexity index is 772. The zero-order chi connectivity index (χ0) is 18.0. The van der Waals surface area contributed by atoms with E-state index >= 15 is 0 Å². The van der Waals surface area contributed by atoms with Crippen molar-refractivity contribution in [3.8, 4) is 0 Å². The maximum absolute atomic E-state index is 12.4. The second-order valence-electron chi connectivity index (χ2n) is 6.91. The number of likely N-dealkylation sites (N-methyl/N-ethyl adjacent to an activating group) is 1. The highest BCUT2D eigenvalue weighted by Gasteiger charge is 2.27. The molecule has 1 unspecified atom stereocenters. The van der Waals surface area contributed by atoms with Crippen LogP contribution >= 0.6 is 11.8 Å². The average Bonchev–Trinajstić information content (AvgIpc) is 2.58. The summed E-state index contributed by atoms with van der Waals surface area (Å²) in [5.74, 6) is 0.231. The van der Waals surface area contributed by atoms with Gasteiger partial charge in [-0.2, -0.15) is 0 Å². The van der Waals surface area contributed by atoms with Crippen molar-refractivity contribution in [3.63, 3.8) is 0 Å². The summed E-state index contributed by atoms with van der Waals surface area (Å²) in [5, 5.41) is 0. The van der Waals surface area contributed by atoms with Crippen LogP contribution in [0.5, 0.6) is 0 Å². The molecule has 0 fully saturated rings. The highest BCUT2D eigenvalue weighted by Crippen LogP contribution is 2.49. The van der Waals surface area contributed by atoms with Crippen molar-refractivity contribution >= 4 is 28.9 Å². The van der Waals surface area contributed by atoms with E-state index < -0.39 is 0 Å². The quantitative estimate of drug-likeness (QED) is 0.663. The summed E-state index contributed by atoms with van der Waals surface area (Å²) in [6.45, 7) is 5.25. The summed E-state index contributed by atoms with van der Waals surface area (Å²) in [5.41, 5.74) is 3.21. The Labute approximate surface area is 155 Å². The van der Waals surface area contributed by atoms with Crippen molar-refractivity contribution in [2.75, 3.05) is 25.5 Å². The monoisotopic (exact) mass is 354 g/mol. The number of carbonyl (C=O) groups excluding carboxylic acids is 1. The van der Waals surface area contributed by atoms with Crippen LogP contribution in [-0.2, 0) is 0 Å². The number of Topliss-reactive ketones (excluding diaryl/α,β-unsaturated/α-hetero) is 1. The summed E-state index contributed by atoms with van der Waals surface area (Å²) in [6.07, 6.45) is 1.49. The van der Waals surface area contributed by atoms with Crippen LogP contribution < -0.4 is 4.90 Å². The molecule has 0 aliphatic carbocycles. The number of nitrogens with zero attached hydrogens (tertiary/aromatic N) is 2. The van der Waals surface area contributed by atoms with E-state index in [9.17, 15) is 4.79 Å². The first-order chi connectivity index (χ1) is 12.0. The van der Waals surface area contributed by atoms with E-state index in [0.29, 0.717) is 12.5 Å². The Morgan fingerprint density at radius 1 is 1.12 bits per heavy atom. The zero-order valence-corrected chi connectivity index (χ0v) is 16.3. The van der Waals surface area contributed by atoms with Gasteiger partial charge in [0.2, 0.25) is 0 Å². The number of anilines is 2. The predicted molar refractivity (Wildman–Crippen MR) is 106 cm³/mol. The van der Waals surface area contributed by atoms with Crippen LogP contribution in [0, 0.1) is 0 Å². The average molecular weight is 355 g/mol. The third-order valence-electron chi connectivity index (χ3n) is 4.43. The lowest BCUT2D eigenvalue weighted by molar-refractivity contribution is 0.0981. The topological polar surface area (TPSA) is 23.6 Å². The van der Waals surface area contributed by atoms with Crippen molar-refractivity contribution in [2.24, 2.45) is 0 Å². The van der Waals surface area contributed by atoms with Crippen LogP contribution in [0.25, 0.3) is 0 Å². The van der Waals surface area contributed by atoms with E-state index in [0.717, 1.165) is 24.2 Å². The summed E-state index contributed by atoms with van der Waals surface area (Å²) in [6, 6.07) is 15.0. The molecule has 0 spiro atoms. The summed E-state index contributed by atoms with van der Waals surface area (Å²) < 4.78 is 0. The summed E-state index contributed by atoms with van der Waals surface area (Å²) >= 11 is 1.79. The first-order valence-corrected chi connectivity index (χ1v) is 9.71. The largest absolute Gasteiger partial charge is 0.335 e. The fraction of sp³-hybridized carbons (Fsp3) is 0.381. The first kappa shape index (κ1) is 18.0. The first-order valence-electron chi connectivity index (χ1n) is 8.89. The van der Waals surface area contributed by atoms with E-state index in [1.54, 1.807) is 11.8 Å². The van der Waals surface area contributed by atoms with Gasteiger partial charge in [0.25, 0.3) is 0 Å². The molecule has 4 heteroatoms. The number of ketones is 1. The third kappa shape index (κ3) is 3.75. The highest BCUT2D eigenvalue weighted by atomic mass is 32.2. The van der Waals surface area contributed by atoms with Gasteiger partial charge >= 0.3 is 0 Å². The molecule has 25 heavy (non-hydrogen) atoms. The molecule has 1 atom stereocenters. The zero-order valence-electron chi connectivity index (χ0n) is 15.5. The van der Waals surface area contributed by atoms with Gasteiger partial charge in [-0.1, -0.05) is 36.9 Å². The predicted octanol–water partition coefficient (Wildman–Crippen LogP) is 5.22. The molecule has 1 heterocycles. The number of carbonyl (C=O) groups is 1. The molecule has 0 amide bonds. The molecule has 0 radical (unpaired) electrons. The Kier molecular flexibility index (Phi) is 5.50. The second kappa shape index (κ2) is 7.63. The van der Waals surface area contributed by atoms with Gasteiger partial charge in [-0.05, 0) is 51.7 Å². The molecule has 3 rings (SSSR count). The molecular formula is C21H26N2OS. The van der Waals surface area contributed by atoms with Crippen molar-refractivity contribution in [1.29, 1.82) is 0 Å². The molecule has 2 aromatic rings. The van der Waals surface area contributed by atoms with Crippen molar-refractivity contribution < 1.29 is 4.79 Å². The maximum Gasteiger partial charge on any atom is 0.162 e. The minimum absolute atomic E-state index is 0.231. The van der Waals surface area contributed by atoms with Crippen LogP contribution in [0.4, 0.5) is 11.4 Å². The maximum atomic E-state index is 12.4. The molecule has 0 saturated carbocycles. The highest BCUT2D eigenvalue weighted by molar-refractivity contribution is 7.99. The van der Waals surface area contributed by atoms with Crippen molar-refractivity contribution in [3.05, 3.63) is 48.0 Å². The lowest BCUT2D eigenvalue weighted by Gasteiger charge is -2.38. The van der Waals surface area contributed by atoms with Crippen LogP contribution in [0.3, 0.4) is 0 Å². The molecular weight excluding hydrogens is 328 g/mol. The van der Waals surface area contributed by atoms with Gasteiger partial charge < -0.3 is 9.80 Å². The minimum atomic E-state index is 0.231. The molecule has 0 bridgehead atoms. The lowest BCUT2D eigenvalue weighted by atomic mass is 10.0. The van der Waals surface area contributed by atoms with Gasteiger partial charge in [0.15, 0.2) is 5.78 Å². The second-order valence-corrected chi connectivity index (χ2v) is 7.99. The van der Waals surface area contributed by atoms with Gasteiger partial charge in [-0.3, -0.25) is 4.79 Å². The molecule has 0 aromatic heterocycles. The van der Waals surface area contributed by atoms with E-state index in [2.05, 4.69) is 67.2 Å². The smallest absolute Gasteiger partial charge is 0.162 e. The Morgan fingerprint density at radius 3 is 2.56 bits per heavy atom. The molecule has 3 nitrogen and oxygen atoms in total. The van der Waals surface area contributed by atoms with E-state index in [1.807, 2.05) is 13.0 Å². The number of rotatable bonds is 6. The van der Waals surface area contributed by atoms with Gasteiger partial charge in [0, 0.05) is 34.4 Å². The van der Waals surface area contributed by atoms with Crippen LogP contribution in [0.15, 0.2) is 52.3 Å². The number of fused-ring (bicyclic) bond motifs is 2. The third-order valence-corrected chi connectivity index (χ3v) is 5.56. The van der Waals surface area contributed by atoms with Gasteiger partial charge in [-0.25, -0.2) is 0 Å². The van der Waals surface area contributed by atoms with Crippen molar-refractivity contribution in [2.45, 2.75) is 42.5 Å². The van der Waals surface area contributed by atoms with Crippen LogP contribution in [-0.4, -0.2) is 37.4 Å². The summed E-state index contributed by atoms with van der Waals surface area (Å²) in [4.78, 5) is 19.5. The Morgan fingerprint density at radius 2 is 1.84 bits per heavy atom. The van der Waals surface area contributed by atoms with Gasteiger partial charge in [-0.15, -0.1) is 0 Å². The Hall–Kier alpha value is -1.78. The molecule has 0 saturated heterocycles. The molecule has 0 N–H and O–H groups in total. The number of hydrogen-bond donors (Lipinski definition) is 0. The fourth-order valence-electron chi connectivity index (χ4n) is 3.41. The Balaban J connectivity index is 2.07. The molecule has 132 valence electrons. The summed E-state index contributed by atoms with van der Waals surface area (Å²) in [7, 11) is 4.20. The molecule has 2 aromatic carbocycles. The van der Waals surface area contributed by atoms with Gasteiger partial charge in [0.05, 0.1) is 11.4 Å². The molecule has 1 aliphatic rings. The number of para-hydroxylation sites is 1. The van der Waals surface area contributed by atoms with Gasteiger partial charge in [0.1, 0.15) is 0 Å². The standard InChI is InChI=1S/C21H26N2OS/c1-5-8-19(24)16-11-12-21-18(13-16)23(15(2)14-22(3)4)17-9-6-7-10-20(17)25-21/h6-7,9-13,15H,5,8,14H2,1-4H3. The van der Waals surface area contributed by atoms with Crippen LogP contribution in [0.2, 0.25) is 0 Å². The minimum Gasteiger partial charge on any atom is -0.335 e. The number of hydrogen-bond acceptors (Lipinski definition) is 4. The van der Waals surface area contributed by atoms with Crippen LogP contribution in [0.1, 0.15) is 37.0 Å². The van der Waals surface area contributed by atoms with E-state index in [4.69, 9.17) is 0 Å². The van der Waals surface area contributed by atoms with E-state index in [-0.39, 0.29) is 5.78 Å². The van der Waals surface area contributed by atoms with E-state index in [1.165, 1.54) is 15.5 Å². The number of benzene rings is 2. The SMILES string of the molecule is CCCC(=O)c1ccc2c(c1)N(C(C)CN(C)C)c1ccccc1S2. The van der Waals surface area contributed by atoms with Crippen molar-refractivity contribution in [1.82, 2.24) is 4.90 Å². The lowest BCUT2D eigenvalue weighted by Crippen LogP contribution is -2.38. The fourth-order valence-corrected chi connectivity index (χ4v) is 4.46. The normalized spacial score (nSPS) is 14.2.